The lowest BCUT2D eigenvalue weighted by Crippen LogP contribution is -2.38. The van der Waals surface area contributed by atoms with Gasteiger partial charge in [-0.2, -0.15) is 0 Å². The molecular weight excluding hydrogens is 204 g/mol. The highest BCUT2D eigenvalue weighted by atomic mass is 16.6. The molecule has 0 spiro atoms. The van der Waals surface area contributed by atoms with E-state index in [0.29, 0.717) is 6.54 Å². The number of nitrogens with zero attached hydrogens (tertiary/aromatic N) is 1. The van der Waals surface area contributed by atoms with Crippen molar-refractivity contribution in [2.45, 2.75) is 46.1 Å². The lowest BCUT2D eigenvalue weighted by molar-refractivity contribution is 0.0273. The summed E-state index contributed by atoms with van der Waals surface area (Å²) >= 11 is 0. The summed E-state index contributed by atoms with van der Waals surface area (Å²) in [6.45, 7) is 9.92. The van der Waals surface area contributed by atoms with Crippen LogP contribution in [-0.2, 0) is 4.74 Å². The average Bonchev–Trinajstić information content (AvgIpc) is 2.60. The topological polar surface area (TPSA) is 55.6 Å². The number of hydrogen-bond donors (Lipinski definition) is 1. The highest BCUT2D eigenvalue weighted by molar-refractivity contribution is 5.68. The van der Waals surface area contributed by atoms with Crippen LogP contribution >= 0.6 is 0 Å². The van der Waals surface area contributed by atoms with Gasteiger partial charge in [-0.1, -0.05) is 6.92 Å². The van der Waals surface area contributed by atoms with Gasteiger partial charge in [0.1, 0.15) is 5.60 Å². The molecule has 1 fully saturated rings. The molecule has 0 unspecified atom stereocenters. The van der Waals surface area contributed by atoms with E-state index in [1.807, 2.05) is 20.8 Å². The summed E-state index contributed by atoms with van der Waals surface area (Å²) in [5.74, 6) is 0. The first-order valence-electron chi connectivity index (χ1n) is 6.00. The third kappa shape index (κ3) is 3.11. The van der Waals surface area contributed by atoms with Crippen LogP contribution in [0.3, 0.4) is 0 Å². The second-order valence-corrected chi connectivity index (χ2v) is 5.71. The number of nitrogens with two attached hydrogens (primary N) is 1. The van der Waals surface area contributed by atoms with Crippen molar-refractivity contribution in [3.05, 3.63) is 0 Å². The highest BCUT2D eigenvalue weighted by Gasteiger charge is 2.38. The Kier molecular flexibility index (Phi) is 3.84. The molecule has 0 aromatic rings. The van der Waals surface area contributed by atoms with Gasteiger partial charge in [0.05, 0.1) is 0 Å². The molecule has 0 aromatic heterocycles. The zero-order valence-electron chi connectivity index (χ0n) is 10.9. The molecule has 0 saturated carbocycles. The largest absolute Gasteiger partial charge is 0.444 e. The van der Waals surface area contributed by atoms with Crippen molar-refractivity contribution in [2.24, 2.45) is 11.1 Å². The van der Waals surface area contributed by atoms with Crippen molar-refractivity contribution in [1.82, 2.24) is 4.90 Å². The van der Waals surface area contributed by atoms with Gasteiger partial charge in [-0.3, -0.25) is 0 Å². The molecule has 1 rings (SSSR count). The summed E-state index contributed by atoms with van der Waals surface area (Å²) < 4.78 is 5.35. The number of likely N-dealkylation sites (tertiary alicyclic amines) is 1. The summed E-state index contributed by atoms with van der Waals surface area (Å²) in [5.41, 5.74) is 5.48. The lowest BCUT2D eigenvalue weighted by atomic mass is 9.85. The minimum atomic E-state index is -0.419. The van der Waals surface area contributed by atoms with E-state index in [0.717, 1.165) is 25.9 Å². The van der Waals surface area contributed by atoms with Gasteiger partial charge in [-0.25, -0.2) is 4.79 Å². The normalized spacial score (nSPS) is 25.9. The monoisotopic (exact) mass is 228 g/mol. The van der Waals surface area contributed by atoms with E-state index in [1.54, 1.807) is 4.90 Å². The minimum absolute atomic E-state index is 0.108. The van der Waals surface area contributed by atoms with Crippen molar-refractivity contribution < 1.29 is 9.53 Å². The highest BCUT2D eigenvalue weighted by Crippen LogP contribution is 2.33. The molecule has 1 aliphatic heterocycles. The van der Waals surface area contributed by atoms with Crippen LogP contribution in [0.25, 0.3) is 0 Å². The molecule has 1 amide bonds. The summed E-state index contributed by atoms with van der Waals surface area (Å²) in [4.78, 5) is 13.6. The summed E-state index contributed by atoms with van der Waals surface area (Å²) in [5, 5.41) is 0. The van der Waals surface area contributed by atoms with Crippen molar-refractivity contribution in [2.75, 3.05) is 19.6 Å². The molecule has 94 valence electrons. The molecule has 4 nitrogen and oxygen atoms in total. The maximum Gasteiger partial charge on any atom is 0.410 e. The van der Waals surface area contributed by atoms with Gasteiger partial charge >= 0.3 is 6.09 Å². The fraction of sp³-hybridized carbons (Fsp3) is 0.917. The molecule has 1 aliphatic rings. The van der Waals surface area contributed by atoms with Gasteiger partial charge in [0, 0.05) is 18.5 Å². The van der Waals surface area contributed by atoms with Gasteiger partial charge in [-0.05, 0) is 40.2 Å². The van der Waals surface area contributed by atoms with E-state index in [9.17, 15) is 4.79 Å². The Morgan fingerprint density at radius 2 is 2.12 bits per heavy atom. The molecule has 1 saturated heterocycles. The van der Waals surface area contributed by atoms with E-state index >= 15 is 0 Å². The SMILES string of the molecule is CC[C@@]1(CN)CCN(C(=O)OC(C)(C)C)C1. The van der Waals surface area contributed by atoms with Crippen LogP contribution in [0.5, 0.6) is 0 Å². The van der Waals surface area contributed by atoms with Crippen LogP contribution < -0.4 is 5.73 Å². The second kappa shape index (κ2) is 4.62. The molecule has 0 radical (unpaired) electrons. The van der Waals surface area contributed by atoms with E-state index < -0.39 is 5.60 Å². The zero-order chi connectivity index (χ0) is 12.4. The maximum atomic E-state index is 11.8. The number of hydrogen-bond acceptors (Lipinski definition) is 3. The van der Waals surface area contributed by atoms with E-state index in [-0.39, 0.29) is 11.5 Å². The average molecular weight is 228 g/mol. The maximum absolute atomic E-state index is 11.8. The van der Waals surface area contributed by atoms with Crippen LogP contribution in [0.2, 0.25) is 0 Å². The standard InChI is InChI=1S/C12H24N2O2/c1-5-12(8-13)6-7-14(9-12)10(15)16-11(2,3)4/h5-9,13H2,1-4H3/t12-/m0/s1. The third-order valence-corrected chi connectivity index (χ3v) is 3.27. The van der Waals surface area contributed by atoms with Gasteiger partial charge < -0.3 is 15.4 Å². The molecule has 0 bridgehead atoms. The molecule has 1 atom stereocenters. The summed E-state index contributed by atoms with van der Waals surface area (Å²) in [6, 6.07) is 0. The molecular formula is C12H24N2O2. The van der Waals surface area contributed by atoms with Crippen molar-refractivity contribution in [3.8, 4) is 0 Å². The van der Waals surface area contributed by atoms with Crippen LogP contribution in [0.15, 0.2) is 0 Å². The number of carbonyl (C=O) groups excluding carboxylic acids is 1. The van der Waals surface area contributed by atoms with Gasteiger partial charge in [-0.15, -0.1) is 0 Å². The Morgan fingerprint density at radius 1 is 1.50 bits per heavy atom. The van der Waals surface area contributed by atoms with Crippen LogP contribution in [0.4, 0.5) is 4.79 Å². The Balaban J connectivity index is 2.56. The molecule has 16 heavy (non-hydrogen) atoms. The van der Waals surface area contributed by atoms with Crippen LogP contribution in [0.1, 0.15) is 40.5 Å². The molecule has 4 heteroatoms. The number of amides is 1. The van der Waals surface area contributed by atoms with Crippen LogP contribution in [0, 0.1) is 5.41 Å². The lowest BCUT2D eigenvalue weighted by Gasteiger charge is -2.28. The van der Waals surface area contributed by atoms with Crippen LogP contribution in [-0.4, -0.2) is 36.2 Å². The quantitative estimate of drug-likeness (QED) is 0.786. The van der Waals surface area contributed by atoms with Crippen molar-refractivity contribution in [1.29, 1.82) is 0 Å². The van der Waals surface area contributed by atoms with E-state index in [4.69, 9.17) is 10.5 Å². The predicted octanol–water partition coefficient (Wildman–Crippen LogP) is 1.98. The Labute approximate surface area is 98.1 Å². The van der Waals surface area contributed by atoms with Gasteiger partial charge in [0.15, 0.2) is 0 Å². The fourth-order valence-corrected chi connectivity index (χ4v) is 2.02. The first-order valence-corrected chi connectivity index (χ1v) is 6.00. The molecule has 1 heterocycles. The Morgan fingerprint density at radius 3 is 2.50 bits per heavy atom. The van der Waals surface area contributed by atoms with E-state index in [1.165, 1.54) is 0 Å². The third-order valence-electron chi connectivity index (χ3n) is 3.27. The van der Waals surface area contributed by atoms with Crippen molar-refractivity contribution >= 4 is 6.09 Å². The molecule has 0 aromatic carbocycles. The van der Waals surface area contributed by atoms with Gasteiger partial charge in [0.25, 0.3) is 0 Å². The zero-order valence-corrected chi connectivity index (χ0v) is 10.9. The minimum Gasteiger partial charge on any atom is -0.444 e. The summed E-state index contributed by atoms with van der Waals surface area (Å²) in [6.07, 6.45) is 1.79. The Hall–Kier alpha value is -0.770. The predicted molar refractivity (Wildman–Crippen MR) is 64.2 cm³/mol. The Bertz CT molecular complexity index is 254. The number of ether oxygens (including phenoxy) is 1. The number of carbonyl (C=O) groups is 1. The number of rotatable bonds is 2. The second-order valence-electron chi connectivity index (χ2n) is 5.71. The fourth-order valence-electron chi connectivity index (χ4n) is 2.02. The molecule has 0 aliphatic carbocycles. The summed E-state index contributed by atoms with van der Waals surface area (Å²) in [7, 11) is 0. The first-order chi connectivity index (χ1) is 7.32. The smallest absolute Gasteiger partial charge is 0.410 e. The van der Waals surface area contributed by atoms with E-state index in [2.05, 4.69) is 6.92 Å². The van der Waals surface area contributed by atoms with Gasteiger partial charge in [0.2, 0.25) is 0 Å². The van der Waals surface area contributed by atoms with Crippen molar-refractivity contribution in [3.63, 3.8) is 0 Å². The first kappa shape index (κ1) is 13.3. The molecule has 2 N–H and O–H groups in total.